The second-order valence-electron chi connectivity index (χ2n) is 19.9. The summed E-state index contributed by atoms with van der Waals surface area (Å²) in [6.07, 6.45) is 14.9. The topological polar surface area (TPSA) is 8.17 Å². The summed E-state index contributed by atoms with van der Waals surface area (Å²) in [5, 5.41) is 2.59. The fourth-order valence-electron chi connectivity index (χ4n) is 15.1. The van der Waals surface area contributed by atoms with E-state index in [1.807, 2.05) is 0 Å². The highest BCUT2D eigenvalue weighted by Gasteiger charge is 2.59. The molecule has 7 aliphatic carbocycles. The summed E-state index contributed by atoms with van der Waals surface area (Å²) in [6, 6.07) is 61.4. The van der Waals surface area contributed by atoms with Gasteiger partial charge in [0.05, 0.1) is 11.0 Å². The van der Waals surface area contributed by atoms with Gasteiger partial charge in [-0.15, -0.1) is 0 Å². The molecule has 61 heavy (non-hydrogen) atoms. The first-order valence-electron chi connectivity index (χ1n) is 23.6. The zero-order valence-corrected chi connectivity index (χ0v) is 35.0. The molecule has 0 N–H and O–H groups in total. The summed E-state index contributed by atoms with van der Waals surface area (Å²) < 4.78 is 2.47. The molecule has 8 aromatic rings. The molecule has 298 valence electrons. The maximum atomic E-state index is 2.61. The van der Waals surface area contributed by atoms with E-state index in [9.17, 15) is 0 Å². The number of anilines is 3. The minimum absolute atomic E-state index is 0.0813. The molecule has 5 fully saturated rings. The fraction of sp³-hybridized carbons (Fsp3) is 0.288. The van der Waals surface area contributed by atoms with Gasteiger partial charge >= 0.3 is 0 Å². The van der Waals surface area contributed by atoms with Gasteiger partial charge in [0, 0.05) is 44.4 Å². The quantitative estimate of drug-likeness (QED) is 0.172. The zero-order chi connectivity index (χ0) is 39.9. The van der Waals surface area contributed by atoms with E-state index in [-0.39, 0.29) is 10.8 Å². The van der Waals surface area contributed by atoms with Gasteiger partial charge < -0.3 is 9.47 Å². The van der Waals surface area contributed by atoms with Crippen molar-refractivity contribution >= 4 is 38.9 Å². The number of rotatable bonds is 4. The number of nitrogens with zero attached hydrogens (tertiary/aromatic N) is 2. The standard InChI is InChI=1S/C59H52N2/c1-10-29-58(30-11-1)52-19-6-2-15-46(52)48-27-25-45(37-55(48)58)60(42-13-12-14-43(35-42)61-56-21-8-4-17-49(56)50-18-5-9-22-57(50)61)44-26-28-54-51(36-44)47-16-3-7-20-53(47)59(54)40-24-23-38-31-39(33-40)34-41(59)32-38/h2-9,12-22,25-28,35-41H,1,10-11,23-24,29-34H2. The molecule has 1 aromatic heterocycles. The van der Waals surface area contributed by atoms with E-state index in [1.165, 1.54) is 143 Å². The Bertz CT molecular complexity index is 3020. The SMILES string of the molecule is c1cc(N(c2ccc3c(c2)-c2ccccc2C32C3CCC4CC(C3)CC2C4)c2ccc3c(c2)C2(CCCCC2)c2ccccc2-3)cc(-n2c3ccccc3c3ccccc32)c1. The second kappa shape index (κ2) is 12.8. The molecule has 5 saturated carbocycles. The molecule has 7 aliphatic rings. The van der Waals surface area contributed by atoms with Crippen LogP contribution in [0.3, 0.4) is 0 Å². The largest absolute Gasteiger partial charge is 0.310 e. The second-order valence-corrected chi connectivity index (χ2v) is 19.9. The van der Waals surface area contributed by atoms with Crippen LogP contribution in [0, 0.1) is 23.7 Å². The van der Waals surface area contributed by atoms with Crippen LogP contribution in [-0.2, 0) is 10.8 Å². The zero-order valence-electron chi connectivity index (χ0n) is 35.0. The van der Waals surface area contributed by atoms with Gasteiger partial charge in [-0.1, -0.05) is 129 Å². The molecule has 1 heterocycles. The van der Waals surface area contributed by atoms with Crippen molar-refractivity contribution in [2.24, 2.45) is 23.7 Å². The molecule has 7 aromatic carbocycles. The average molecular weight is 789 g/mol. The number of hydrogen-bond donors (Lipinski definition) is 0. The van der Waals surface area contributed by atoms with Crippen LogP contribution < -0.4 is 4.90 Å². The van der Waals surface area contributed by atoms with Gasteiger partial charge in [0.2, 0.25) is 0 Å². The first-order chi connectivity index (χ1) is 30.2. The van der Waals surface area contributed by atoms with Crippen LogP contribution in [0.25, 0.3) is 49.7 Å². The molecular formula is C59H52N2. The summed E-state index contributed by atoms with van der Waals surface area (Å²) in [4.78, 5) is 2.61. The Kier molecular flexibility index (Phi) is 7.32. The fourth-order valence-corrected chi connectivity index (χ4v) is 15.1. The average Bonchev–Trinajstić information content (AvgIpc) is 3.82. The Balaban J connectivity index is 0.990. The molecule has 4 bridgehead atoms. The lowest BCUT2D eigenvalue weighted by Crippen LogP contribution is -2.48. The minimum atomic E-state index is 0.0813. The Labute approximate surface area is 359 Å². The molecule has 0 radical (unpaired) electrons. The third kappa shape index (κ3) is 4.69. The van der Waals surface area contributed by atoms with Crippen molar-refractivity contribution in [1.82, 2.24) is 4.57 Å². The lowest BCUT2D eigenvalue weighted by Gasteiger charge is -2.53. The van der Waals surface area contributed by atoms with Gasteiger partial charge in [-0.05, 0) is 168 Å². The van der Waals surface area contributed by atoms with E-state index >= 15 is 0 Å². The number of benzene rings is 7. The highest BCUT2D eigenvalue weighted by molar-refractivity contribution is 6.09. The van der Waals surface area contributed by atoms with Crippen LogP contribution in [0.4, 0.5) is 17.1 Å². The lowest BCUT2D eigenvalue weighted by molar-refractivity contribution is 0.0618. The smallest absolute Gasteiger partial charge is 0.0541 e. The van der Waals surface area contributed by atoms with Gasteiger partial charge in [0.1, 0.15) is 0 Å². The Hall–Kier alpha value is -5.86. The van der Waals surface area contributed by atoms with Crippen LogP contribution in [0.5, 0.6) is 0 Å². The van der Waals surface area contributed by atoms with Crippen LogP contribution in [-0.4, -0.2) is 4.57 Å². The Morgan fingerprint density at radius 1 is 0.426 bits per heavy atom. The van der Waals surface area contributed by atoms with Crippen molar-refractivity contribution in [2.45, 2.75) is 81.5 Å². The first-order valence-corrected chi connectivity index (χ1v) is 23.6. The Morgan fingerprint density at radius 2 is 1.05 bits per heavy atom. The van der Waals surface area contributed by atoms with Crippen LogP contribution in [0.15, 0.2) is 158 Å². The van der Waals surface area contributed by atoms with Gasteiger partial charge in [-0.3, -0.25) is 0 Å². The highest BCUT2D eigenvalue weighted by Crippen LogP contribution is 2.68. The number of fused-ring (bicyclic) bond motifs is 12. The molecule has 0 saturated heterocycles. The number of para-hydroxylation sites is 2. The molecule has 0 amide bonds. The van der Waals surface area contributed by atoms with Gasteiger partial charge in [-0.25, -0.2) is 0 Å². The van der Waals surface area contributed by atoms with Crippen molar-refractivity contribution in [3.63, 3.8) is 0 Å². The minimum Gasteiger partial charge on any atom is -0.310 e. The molecule has 2 heteroatoms. The normalized spacial score (nSPS) is 24.9. The predicted molar refractivity (Wildman–Crippen MR) is 253 cm³/mol. The van der Waals surface area contributed by atoms with E-state index in [2.05, 4.69) is 167 Å². The number of hydrogen-bond acceptors (Lipinski definition) is 1. The summed E-state index contributed by atoms with van der Waals surface area (Å²) in [5.41, 5.74) is 19.8. The molecule has 5 atom stereocenters. The van der Waals surface area contributed by atoms with Crippen molar-refractivity contribution in [2.75, 3.05) is 4.90 Å². The van der Waals surface area contributed by atoms with Crippen LogP contribution in [0.1, 0.15) is 92.9 Å². The molecule has 0 aliphatic heterocycles. The third-order valence-corrected chi connectivity index (χ3v) is 17.2. The summed E-state index contributed by atoms with van der Waals surface area (Å²) in [7, 11) is 0. The molecule has 5 unspecified atom stereocenters. The monoisotopic (exact) mass is 788 g/mol. The lowest BCUT2D eigenvalue weighted by atomic mass is 9.51. The van der Waals surface area contributed by atoms with Crippen molar-refractivity contribution < 1.29 is 0 Å². The molecule has 15 rings (SSSR count). The first kappa shape index (κ1) is 34.8. The van der Waals surface area contributed by atoms with Crippen LogP contribution >= 0.6 is 0 Å². The predicted octanol–water partition coefficient (Wildman–Crippen LogP) is 15.6. The Morgan fingerprint density at radius 3 is 1.87 bits per heavy atom. The highest BCUT2D eigenvalue weighted by atomic mass is 15.1. The summed E-state index contributed by atoms with van der Waals surface area (Å²) in [6.45, 7) is 0. The number of aromatic nitrogens is 1. The van der Waals surface area contributed by atoms with E-state index in [0.717, 1.165) is 23.7 Å². The van der Waals surface area contributed by atoms with Crippen LogP contribution in [0.2, 0.25) is 0 Å². The van der Waals surface area contributed by atoms with Crippen molar-refractivity contribution in [1.29, 1.82) is 0 Å². The van der Waals surface area contributed by atoms with Gasteiger partial charge in [-0.2, -0.15) is 0 Å². The van der Waals surface area contributed by atoms with Gasteiger partial charge in [0.25, 0.3) is 0 Å². The summed E-state index contributed by atoms with van der Waals surface area (Å²) in [5.74, 6) is 3.32. The maximum absolute atomic E-state index is 2.61. The summed E-state index contributed by atoms with van der Waals surface area (Å²) >= 11 is 0. The molecular weight excluding hydrogens is 737 g/mol. The van der Waals surface area contributed by atoms with Crippen molar-refractivity contribution in [3.05, 3.63) is 180 Å². The van der Waals surface area contributed by atoms with E-state index in [0.29, 0.717) is 0 Å². The van der Waals surface area contributed by atoms with Crippen molar-refractivity contribution in [3.8, 4) is 27.9 Å². The van der Waals surface area contributed by atoms with E-state index in [4.69, 9.17) is 0 Å². The van der Waals surface area contributed by atoms with Gasteiger partial charge in [0.15, 0.2) is 0 Å². The van der Waals surface area contributed by atoms with E-state index < -0.39 is 0 Å². The molecule has 2 spiro atoms. The van der Waals surface area contributed by atoms with E-state index in [1.54, 1.807) is 16.7 Å². The maximum Gasteiger partial charge on any atom is 0.0541 e. The third-order valence-electron chi connectivity index (χ3n) is 17.2. The molecule has 2 nitrogen and oxygen atoms in total.